The summed E-state index contributed by atoms with van der Waals surface area (Å²) < 4.78 is 15.1. The first-order valence-electron chi connectivity index (χ1n) is 9.58. The van der Waals surface area contributed by atoms with Gasteiger partial charge in [0.15, 0.2) is 0 Å². The van der Waals surface area contributed by atoms with Gasteiger partial charge in [-0.3, -0.25) is 9.78 Å². The molecule has 1 aliphatic heterocycles. The second-order valence-electron chi connectivity index (χ2n) is 7.24. The summed E-state index contributed by atoms with van der Waals surface area (Å²) in [5.41, 5.74) is 2.76. The molecule has 5 rings (SSSR count). The van der Waals surface area contributed by atoms with Crippen molar-refractivity contribution in [3.63, 3.8) is 0 Å². The summed E-state index contributed by atoms with van der Waals surface area (Å²) in [5, 5.41) is 5.54. The number of halogens is 1. The van der Waals surface area contributed by atoms with Crippen molar-refractivity contribution in [3.05, 3.63) is 76.8 Å². The monoisotopic (exact) mass is 406 g/mol. The Morgan fingerprint density at radius 2 is 1.93 bits per heavy atom. The second-order valence-corrected chi connectivity index (χ2v) is 8.27. The van der Waals surface area contributed by atoms with Crippen LogP contribution in [0, 0.1) is 12.7 Å². The van der Waals surface area contributed by atoms with Crippen molar-refractivity contribution in [1.29, 1.82) is 0 Å². The number of aryl methyl sites for hydroxylation is 1. The largest absolute Gasteiger partial charge is 0.331 e. The smallest absolute Gasteiger partial charge is 0.264 e. The molecule has 1 amide bonds. The van der Waals surface area contributed by atoms with Crippen LogP contribution < -0.4 is 0 Å². The normalized spacial score (nSPS) is 16.6. The fraction of sp³-hybridized carbons (Fsp3) is 0.227. The summed E-state index contributed by atoms with van der Waals surface area (Å²) >= 11 is 1.44. The second kappa shape index (κ2) is 7.08. The Bertz CT molecular complexity index is 1180. The van der Waals surface area contributed by atoms with Crippen molar-refractivity contribution in [2.45, 2.75) is 25.8 Å². The summed E-state index contributed by atoms with van der Waals surface area (Å²) in [7, 11) is 0. The summed E-state index contributed by atoms with van der Waals surface area (Å²) in [6.07, 6.45) is 5.50. The zero-order valence-corrected chi connectivity index (χ0v) is 16.7. The molecule has 29 heavy (non-hydrogen) atoms. The fourth-order valence-corrected chi connectivity index (χ4v) is 5.13. The summed E-state index contributed by atoms with van der Waals surface area (Å²) in [5.74, 6) is -0.234. The molecule has 0 N–H and O–H groups in total. The number of aromatic nitrogens is 3. The van der Waals surface area contributed by atoms with Crippen molar-refractivity contribution in [1.82, 2.24) is 19.7 Å². The molecule has 0 spiro atoms. The number of rotatable bonds is 3. The van der Waals surface area contributed by atoms with Crippen LogP contribution in [0.1, 0.15) is 39.8 Å². The quantitative estimate of drug-likeness (QED) is 0.486. The number of amides is 1. The van der Waals surface area contributed by atoms with Crippen molar-refractivity contribution in [3.8, 4) is 5.69 Å². The van der Waals surface area contributed by atoms with Crippen LogP contribution in [0.25, 0.3) is 15.9 Å². The van der Waals surface area contributed by atoms with Crippen LogP contribution in [0.3, 0.4) is 0 Å². The van der Waals surface area contributed by atoms with Crippen LogP contribution in [0.15, 0.2) is 54.9 Å². The maximum atomic E-state index is 13.3. The van der Waals surface area contributed by atoms with Crippen LogP contribution in [-0.4, -0.2) is 32.1 Å². The lowest BCUT2D eigenvalue weighted by atomic mass is 10.1. The molecule has 1 fully saturated rings. The molecule has 0 aliphatic carbocycles. The Hall–Kier alpha value is -3.06. The van der Waals surface area contributed by atoms with E-state index < -0.39 is 0 Å². The molecule has 3 aromatic heterocycles. The topological polar surface area (TPSA) is 51.0 Å². The van der Waals surface area contributed by atoms with E-state index in [1.807, 2.05) is 30.0 Å². The highest BCUT2D eigenvalue weighted by Gasteiger charge is 2.32. The number of carbonyl (C=O) groups is 1. The number of hydrogen-bond acceptors (Lipinski definition) is 4. The van der Waals surface area contributed by atoms with E-state index >= 15 is 0 Å². The van der Waals surface area contributed by atoms with Gasteiger partial charge in [-0.05, 0) is 67.8 Å². The predicted molar refractivity (Wildman–Crippen MR) is 111 cm³/mol. The highest BCUT2D eigenvalue weighted by atomic mass is 32.1. The predicted octanol–water partition coefficient (Wildman–Crippen LogP) is 4.91. The van der Waals surface area contributed by atoms with Crippen molar-refractivity contribution < 1.29 is 9.18 Å². The molecular weight excluding hydrogens is 387 g/mol. The lowest BCUT2D eigenvalue weighted by Gasteiger charge is -2.24. The summed E-state index contributed by atoms with van der Waals surface area (Å²) in [6, 6.07) is 12.2. The Morgan fingerprint density at radius 3 is 2.69 bits per heavy atom. The molecule has 0 bridgehead atoms. The number of nitrogens with zero attached hydrogens (tertiary/aromatic N) is 4. The van der Waals surface area contributed by atoms with E-state index in [-0.39, 0.29) is 17.8 Å². The Morgan fingerprint density at radius 1 is 1.17 bits per heavy atom. The van der Waals surface area contributed by atoms with E-state index in [2.05, 4.69) is 10.1 Å². The standard InChI is InChI=1S/C22H19FN4OS/c1-14-18-13-20(29-22(18)27(25-14)17-6-4-16(23)5-7-17)21(28)26-12-2-3-19(26)15-8-10-24-11-9-15/h4-11,13,19H,2-3,12H2,1H3. The van der Waals surface area contributed by atoms with Crippen LogP contribution in [0.2, 0.25) is 0 Å². The van der Waals surface area contributed by atoms with Crippen LogP contribution in [-0.2, 0) is 0 Å². The lowest BCUT2D eigenvalue weighted by Crippen LogP contribution is -2.29. The van der Waals surface area contributed by atoms with Crippen LogP contribution in [0.5, 0.6) is 0 Å². The molecular formula is C22H19FN4OS. The van der Waals surface area contributed by atoms with Gasteiger partial charge in [-0.15, -0.1) is 11.3 Å². The van der Waals surface area contributed by atoms with Gasteiger partial charge in [0.05, 0.1) is 22.3 Å². The van der Waals surface area contributed by atoms with Crippen LogP contribution in [0.4, 0.5) is 4.39 Å². The first-order valence-corrected chi connectivity index (χ1v) is 10.4. The molecule has 0 saturated carbocycles. The highest BCUT2D eigenvalue weighted by Crippen LogP contribution is 2.36. The first kappa shape index (κ1) is 18.0. The minimum Gasteiger partial charge on any atom is -0.331 e. The van der Waals surface area contributed by atoms with Gasteiger partial charge in [-0.25, -0.2) is 9.07 Å². The first-order chi connectivity index (χ1) is 14.1. The van der Waals surface area contributed by atoms with Gasteiger partial charge in [0.25, 0.3) is 5.91 Å². The third-order valence-corrected chi connectivity index (χ3v) is 6.53. The van der Waals surface area contributed by atoms with Gasteiger partial charge in [0.2, 0.25) is 0 Å². The third-order valence-electron chi connectivity index (χ3n) is 5.43. The van der Waals surface area contributed by atoms with Crippen LogP contribution >= 0.6 is 11.3 Å². The molecule has 1 saturated heterocycles. The highest BCUT2D eigenvalue weighted by molar-refractivity contribution is 7.20. The maximum absolute atomic E-state index is 13.3. The van der Waals surface area contributed by atoms with E-state index in [1.165, 1.54) is 23.5 Å². The van der Waals surface area contributed by atoms with Gasteiger partial charge in [0.1, 0.15) is 10.6 Å². The number of pyridine rings is 1. The van der Waals surface area contributed by atoms with Gasteiger partial charge in [-0.1, -0.05) is 0 Å². The van der Waals surface area contributed by atoms with E-state index in [1.54, 1.807) is 29.2 Å². The average Bonchev–Trinajstić information content (AvgIpc) is 3.46. The minimum absolute atomic E-state index is 0.0515. The zero-order valence-electron chi connectivity index (χ0n) is 15.9. The van der Waals surface area contributed by atoms with E-state index in [0.29, 0.717) is 4.88 Å². The number of likely N-dealkylation sites (tertiary alicyclic amines) is 1. The Kier molecular flexibility index (Phi) is 4.39. The number of benzene rings is 1. The molecule has 5 nitrogen and oxygen atoms in total. The van der Waals surface area contributed by atoms with Gasteiger partial charge >= 0.3 is 0 Å². The number of fused-ring (bicyclic) bond motifs is 1. The zero-order chi connectivity index (χ0) is 20.0. The Labute approximate surface area is 171 Å². The third kappa shape index (κ3) is 3.11. The van der Waals surface area contributed by atoms with E-state index in [0.717, 1.165) is 46.5 Å². The molecule has 7 heteroatoms. The minimum atomic E-state index is -0.285. The summed E-state index contributed by atoms with van der Waals surface area (Å²) in [6.45, 7) is 2.68. The van der Waals surface area contributed by atoms with Gasteiger partial charge in [0, 0.05) is 24.3 Å². The lowest BCUT2D eigenvalue weighted by molar-refractivity contribution is 0.0740. The van der Waals surface area contributed by atoms with E-state index in [4.69, 9.17) is 0 Å². The van der Waals surface area contributed by atoms with Crippen molar-refractivity contribution in [2.75, 3.05) is 6.54 Å². The van der Waals surface area contributed by atoms with Crippen molar-refractivity contribution >= 4 is 27.5 Å². The van der Waals surface area contributed by atoms with E-state index in [9.17, 15) is 9.18 Å². The summed E-state index contributed by atoms with van der Waals surface area (Å²) in [4.78, 5) is 21.0. The van der Waals surface area contributed by atoms with Gasteiger partial charge in [-0.2, -0.15) is 5.10 Å². The number of hydrogen-bond donors (Lipinski definition) is 0. The maximum Gasteiger partial charge on any atom is 0.264 e. The molecule has 1 aliphatic rings. The van der Waals surface area contributed by atoms with Crippen molar-refractivity contribution in [2.24, 2.45) is 0 Å². The number of thiophene rings is 1. The molecule has 1 unspecified atom stereocenters. The van der Waals surface area contributed by atoms with Gasteiger partial charge < -0.3 is 4.90 Å². The molecule has 4 heterocycles. The SMILES string of the molecule is Cc1nn(-c2ccc(F)cc2)c2sc(C(=O)N3CCCC3c3ccncc3)cc12. The fourth-order valence-electron chi connectivity index (χ4n) is 3.99. The number of carbonyl (C=O) groups excluding carboxylic acids is 1. The molecule has 0 radical (unpaired) electrons. The molecule has 1 atom stereocenters. The molecule has 146 valence electrons. The Balaban J connectivity index is 1.51. The molecule has 4 aromatic rings. The average molecular weight is 406 g/mol. The molecule has 1 aromatic carbocycles.